The fourth-order valence-corrected chi connectivity index (χ4v) is 4.24. The van der Waals surface area contributed by atoms with Crippen LogP contribution in [-0.4, -0.2) is 50.1 Å². The average molecular weight is 395 g/mol. The van der Waals surface area contributed by atoms with Gasteiger partial charge in [-0.3, -0.25) is 9.69 Å². The first-order chi connectivity index (χ1) is 10.6. The van der Waals surface area contributed by atoms with Crippen LogP contribution in [0.25, 0.3) is 10.1 Å². The molecule has 0 saturated carbocycles. The summed E-state index contributed by atoms with van der Waals surface area (Å²) in [5.74, 6) is -0.113. The maximum Gasteiger partial charge on any atom is 0.262 e. The summed E-state index contributed by atoms with van der Waals surface area (Å²) >= 11 is 13.7. The molecule has 126 valence electrons. The number of halogens is 3. The number of piperazine rings is 1. The van der Waals surface area contributed by atoms with Gasteiger partial charge in [0.05, 0.1) is 5.02 Å². The predicted molar refractivity (Wildman–Crippen MR) is 101 cm³/mol. The van der Waals surface area contributed by atoms with Crippen molar-refractivity contribution in [2.24, 2.45) is 0 Å². The molecule has 23 heavy (non-hydrogen) atoms. The van der Waals surface area contributed by atoms with Crippen LogP contribution in [0.2, 0.25) is 10.0 Å². The van der Waals surface area contributed by atoms with Crippen LogP contribution in [0.5, 0.6) is 0 Å². The van der Waals surface area contributed by atoms with Gasteiger partial charge in [-0.2, -0.15) is 0 Å². The third kappa shape index (κ3) is 4.50. The second-order valence-electron chi connectivity index (χ2n) is 5.23. The molecule has 1 amide bonds. The van der Waals surface area contributed by atoms with Crippen LogP contribution in [0.4, 0.5) is 0 Å². The Labute approximate surface area is 155 Å². The number of amides is 1. The van der Waals surface area contributed by atoms with Gasteiger partial charge >= 0.3 is 0 Å². The second kappa shape index (κ2) is 8.51. The highest BCUT2D eigenvalue weighted by Crippen LogP contribution is 2.36. The van der Waals surface area contributed by atoms with Gasteiger partial charge in [0.25, 0.3) is 5.91 Å². The smallest absolute Gasteiger partial charge is 0.262 e. The lowest BCUT2D eigenvalue weighted by Crippen LogP contribution is -2.46. The fraction of sp³-hybridized carbons (Fsp3) is 0.400. The van der Waals surface area contributed by atoms with E-state index in [4.69, 9.17) is 23.2 Å². The van der Waals surface area contributed by atoms with Crippen molar-refractivity contribution in [1.82, 2.24) is 15.5 Å². The Hall–Kier alpha value is -0.560. The van der Waals surface area contributed by atoms with Crippen LogP contribution in [0.1, 0.15) is 9.67 Å². The fourth-order valence-electron chi connectivity index (χ4n) is 2.53. The molecule has 1 aliphatic heterocycles. The number of nitrogens with zero attached hydrogens (tertiary/aromatic N) is 1. The summed E-state index contributed by atoms with van der Waals surface area (Å²) < 4.78 is 0.935. The minimum Gasteiger partial charge on any atom is -0.350 e. The lowest BCUT2D eigenvalue weighted by atomic mass is 10.2. The molecule has 0 unspecified atom stereocenters. The van der Waals surface area contributed by atoms with Crippen molar-refractivity contribution in [1.29, 1.82) is 0 Å². The summed E-state index contributed by atoms with van der Waals surface area (Å²) in [7, 11) is 0. The molecule has 1 aromatic heterocycles. The van der Waals surface area contributed by atoms with Crippen LogP contribution in [0.15, 0.2) is 18.2 Å². The largest absolute Gasteiger partial charge is 0.350 e. The SMILES string of the molecule is Cl.O=C(NCCN1CCNCC1)c1sc2cc(Cl)ccc2c1Cl. The van der Waals surface area contributed by atoms with Gasteiger partial charge in [-0.05, 0) is 12.1 Å². The van der Waals surface area contributed by atoms with Gasteiger partial charge in [-0.25, -0.2) is 0 Å². The molecule has 8 heteroatoms. The molecule has 0 bridgehead atoms. The van der Waals surface area contributed by atoms with E-state index < -0.39 is 0 Å². The molecule has 0 aliphatic carbocycles. The zero-order chi connectivity index (χ0) is 15.5. The number of carbonyl (C=O) groups is 1. The number of hydrogen-bond donors (Lipinski definition) is 2. The molecule has 1 aliphatic rings. The Balaban J connectivity index is 0.00000192. The highest BCUT2D eigenvalue weighted by Gasteiger charge is 2.17. The standard InChI is InChI=1S/C15H17Cl2N3OS.ClH/c16-10-1-2-11-12(9-10)22-14(13(11)17)15(21)19-5-8-20-6-3-18-4-7-20;/h1-2,9,18H,3-8H2,(H,19,21);1H. The average Bonchev–Trinajstić information content (AvgIpc) is 2.84. The molecule has 1 fully saturated rings. The van der Waals surface area contributed by atoms with Gasteiger partial charge in [0.1, 0.15) is 4.88 Å². The number of benzene rings is 1. The van der Waals surface area contributed by atoms with Crippen molar-refractivity contribution in [3.8, 4) is 0 Å². The molecule has 2 N–H and O–H groups in total. The number of fused-ring (bicyclic) bond motifs is 1. The lowest BCUT2D eigenvalue weighted by molar-refractivity contribution is 0.0951. The first-order valence-corrected chi connectivity index (χ1v) is 8.81. The van der Waals surface area contributed by atoms with Gasteiger partial charge in [0.15, 0.2) is 0 Å². The molecule has 0 atom stereocenters. The normalized spacial score (nSPS) is 15.4. The van der Waals surface area contributed by atoms with E-state index in [2.05, 4.69) is 15.5 Å². The highest BCUT2D eigenvalue weighted by molar-refractivity contribution is 7.21. The van der Waals surface area contributed by atoms with Crippen molar-refractivity contribution in [2.45, 2.75) is 0 Å². The van der Waals surface area contributed by atoms with Gasteiger partial charge in [0.2, 0.25) is 0 Å². The molecule has 1 saturated heterocycles. The summed E-state index contributed by atoms with van der Waals surface area (Å²) in [6, 6.07) is 5.48. The maximum absolute atomic E-state index is 12.3. The van der Waals surface area contributed by atoms with E-state index >= 15 is 0 Å². The molecule has 2 aromatic rings. The van der Waals surface area contributed by atoms with Crippen molar-refractivity contribution in [2.75, 3.05) is 39.3 Å². The van der Waals surface area contributed by atoms with E-state index in [0.717, 1.165) is 42.8 Å². The van der Waals surface area contributed by atoms with Gasteiger partial charge in [-0.1, -0.05) is 29.3 Å². The number of thiophene rings is 1. The van der Waals surface area contributed by atoms with E-state index in [1.807, 2.05) is 12.1 Å². The Morgan fingerprint density at radius 3 is 2.78 bits per heavy atom. The van der Waals surface area contributed by atoms with Crippen molar-refractivity contribution < 1.29 is 4.79 Å². The first kappa shape index (κ1) is 18.8. The zero-order valence-corrected chi connectivity index (χ0v) is 15.5. The van der Waals surface area contributed by atoms with Gasteiger partial charge in [-0.15, -0.1) is 23.7 Å². The summed E-state index contributed by atoms with van der Waals surface area (Å²) in [6.45, 7) is 5.57. The van der Waals surface area contributed by atoms with Crippen LogP contribution in [-0.2, 0) is 0 Å². The van der Waals surface area contributed by atoms with E-state index in [0.29, 0.717) is 21.5 Å². The Kier molecular flexibility index (Phi) is 6.95. The predicted octanol–water partition coefficient (Wildman–Crippen LogP) is 3.26. The zero-order valence-electron chi connectivity index (χ0n) is 12.4. The quantitative estimate of drug-likeness (QED) is 0.836. The maximum atomic E-state index is 12.3. The van der Waals surface area contributed by atoms with Crippen molar-refractivity contribution in [3.63, 3.8) is 0 Å². The summed E-state index contributed by atoms with van der Waals surface area (Å²) in [6.07, 6.45) is 0. The molecular weight excluding hydrogens is 377 g/mol. The van der Waals surface area contributed by atoms with Crippen LogP contribution < -0.4 is 10.6 Å². The summed E-state index contributed by atoms with van der Waals surface area (Å²) in [5.41, 5.74) is 0. The van der Waals surface area contributed by atoms with E-state index in [1.54, 1.807) is 6.07 Å². The minimum absolute atomic E-state index is 0. The molecule has 0 radical (unpaired) electrons. The third-order valence-electron chi connectivity index (χ3n) is 3.72. The molecule has 0 spiro atoms. The Morgan fingerprint density at radius 2 is 2.04 bits per heavy atom. The van der Waals surface area contributed by atoms with Gasteiger partial charge in [0, 0.05) is 54.4 Å². The molecule has 3 rings (SSSR count). The summed E-state index contributed by atoms with van der Waals surface area (Å²) in [5, 5.41) is 8.30. The topological polar surface area (TPSA) is 44.4 Å². The van der Waals surface area contributed by atoms with Crippen LogP contribution >= 0.6 is 46.9 Å². The number of carbonyl (C=O) groups excluding carboxylic acids is 1. The summed E-state index contributed by atoms with van der Waals surface area (Å²) in [4.78, 5) is 15.2. The third-order valence-corrected chi connectivity index (χ3v) is 5.61. The molecule has 2 heterocycles. The van der Waals surface area contributed by atoms with Crippen LogP contribution in [0.3, 0.4) is 0 Å². The van der Waals surface area contributed by atoms with E-state index in [-0.39, 0.29) is 18.3 Å². The number of rotatable bonds is 4. The van der Waals surface area contributed by atoms with Gasteiger partial charge < -0.3 is 10.6 Å². The second-order valence-corrected chi connectivity index (χ2v) is 7.10. The van der Waals surface area contributed by atoms with Crippen molar-refractivity contribution in [3.05, 3.63) is 33.1 Å². The minimum atomic E-state index is -0.113. The first-order valence-electron chi connectivity index (χ1n) is 7.24. The Morgan fingerprint density at radius 1 is 1.30 bits per heavy atom. The van der Waals surface area contributed by atoms with E-state index in [1.165, 1.54) is 11.3 Å². The number of nitrogens with one attached hydrogen (secondary N) is 2. The molecular formula is C15H18Cl3N3OS. The Bertz CT molecular complexity index is 686. The van der Waals surface area contributed by atoms with Crippen molar-refractivity contribution >= 4 is 62.9 Å². The van der Waals surface area contributed by atoms with Crippen LogP contribution in [0, 0.1) is 0 Å². The van der Waals surface area contributed by atoms with E-state index in [9.17, 15) is 4.79 Å². The highest BCUT2D eigenvalue weighted by atomic mass is 35.5. The molecule has 1 aromatic carbocycles. The lowest BCUT2D eigenvalue weighted by Gasteiger charge is -2.27. The number of hydrogen-bond acceptors (Lipinski definition) is 4. The molecule has 4 nitrogen and oxygen atoms in total. The monoisotopic (exact) mass is 393 g/mol.